The van der Waals surface area contributed by atoms with E-state index in [4.69, 9.17) is 22.1 Å². The van der Waals surface area contributed by atoms with Crippen LogP contribution in [0.2, 0.25) is 5.02 Å². The molecule has 0 bridgehead atoms. The van der Waals surface area contributed by atoms with Crippen molar-refractivity contribution in [3.8, 4) is 0 Å². The lowest BCUT2D eigenvalue weighted by molar-refractivity contribution is -0.116. The Labute approximate surface area is 153 Å². The standard InChI is InChI=1S/C18H26ClN3O3/c19-16-13-14(21-17(23)5-3-1-2-4-8-20)6-7-15(16)18(24)22-9-11-25-12-10-22/h6-7,13H,1-5,8-12,20H2,(H,21,23). The normalized spacial score (nSPS) is 14.4. The lowest BCUT2D eigenvalue weighted by Crippen LogP contribution is -2.40. The number of unbranched alkanes of at least 4 members (excludes halogenated alkanes) is 3. The summed E-state index contributed by atoms with van der Waals surface area (Å²) in [6.45, 7) is 2.92. The zero-order valence-electron chi connectivity index (χ0n) is 14.4. The van der Waals surface area contributed by atoms with Crippen molar-refractivity contribution in [2.45, 2.75) is 32.1 Å². The van der Waals surface area contributed by atoms with Crippen molar-refractivity contribution >= 4 is 29.1 Å². The van der Waals surface area contributed by atoms with Gasteiger partial charge in [-0.2, -0.15) is 0 Å². The van der Waals surface area contributed by atoms with Gasteiger partial charge in [0.25, 0.3) is 5.91 Å². The molecule has 1 aliphatic heterocycles. The highest BCUT2D eigenvalue weighted by atomic mass is 35.5. The number of halogens is 1. The minimum Gasteiger partial charge on any atom is -0.378 e. The van der Waals surface area contributed by atoms with E-state index in [2.05, 4.69) is 5.32 Å². The Morgan fingerprint density at radius 2 is 1.88 bits per heavy atom. The predicted octanol–water partition coefficient (Wildman–Crippen LogP) is 2.66. The second-order valence-corrected chi connectivity index (χ2v) is 6.51. The van der Waals surface area contributed by atoms with E-state index >= 15 is 0 Å². The highest BCUT2D eigenvalue weighted by Gasteiger charge is 2.20. The van der Waals surface area contributed by atoms with Gasteiger partial charge in [-0.1, -0.05) is 24.4 Å². The number of carbonyl (C=O) groups excluding carboxylic acids is 2. The van der Waals surface area contributed by atoms with Gasteiger partial charge in [-0.15, -0.1) is 0 Å². The number of nitrogens with two attached hydrogens (primary N) is 1. The average molecular weight is 368 g/mol. The number of carbonyl (C=O) groups is 2. The number of nitrogens with one attached hydrogen (secondary N) is 1. The molecule has 6 nitrogen and oxygen atoms in total. The van der Waals surface area contributed by atoms with Crippen molar-refractivity contribution < 1.29 is 14.3 Å². The minimum absolute atomic E-state index is 0.0453. The van der Waals surface area contributed by atoms with Gasteiger partial charge in [-0.05, 0) is 37.6 Å². The van der Waals surface area contributed by atoms with Gasteiger partial charge in [0, 0.05) is 25.2 Å². The molecule has 0 spiro atoms. The topological polar surface area (TPSA) is 84.7 Å². The molecule has 0 radical (unpaired) electrons. The molecule has 0 aromatic heterocycles. The summed E-state index contributed by atoms with van der Waals surface area (Å²) >= 11 is 6.25. The van der Waals surface area contributed by atoms with Crippen molar-refractivity contribution in [2.24, 2.45) is 5.73 Å². The maximum Gasteiger partial charge on any atom is 0.255 e. The van der Waals surface area contributed by atoms with Crippen LogP contribution in [0.25, 0.3) is 0 Å². The molecule has 1 fully saturated rings. The first-order valence-corrected chi connectivity index (χ1v) is 9.16. The van der Waals surface area contributed by atoms with E-state index in [1.54, 1.807) is 23.1 Å². The molecule has 1 aromatic carbocycles. The lowest BCUT2D eigenvalue weighted by Gasteiger charge is -2.27. The fourth-order valence-electron chi connectivity index (χ4n) is 2.71. The van der Waals surface area contributed by atoms with Gasteiger partial charge in [0.15, 0.2) is 0 Å². The Bertz CT molecular complexity index is 589. The monoisotopic (exact) mass is 367 g/mol. The number of anilines is 1. The van der Waals surface area contributed by atoms with Crippen molar-refractivity contribution in [2.75, 3.05) is 38.2 Å². The maximum absolute atomic E-state index is 12.5. The number of nitrogens with zero attached hydrogens (tertiary/aromatic N) is 1. The number of morpholine rings is 1. The van der Waals surface area contributed by atoms with Crippen LogP contribution in [0.1, 0.15) is 42.5 Å². The minimum atomic E-state index is -0.105. The molecule has 1 aromatic rings. The molecule has 138 valence electrons. The first-order valence-electron chi connectivity index (χ1n) is 8.78. The second kappa shape index (κ2) is 10.4. The fourth-order valence-corrected chi connectivity index (χ4v) is 2.97. The maximum atomic E-state index is 12.5. The number of hydrogen-bond donors (Lipinski definition) is 2. The zero-order chi connectivity index (χ0) is 18.1. The first kappa shape index (κ1) is 19.7. The highest BCUT2D eigenvalue weighted by molar-refractivity contribution is 6.34. The number of amides is 2. The summed E-state index contributed by atoms with van der Waals surface area (Å²) in [7, 11) is 0. The zero-order valence-corrected chi connectivity index (χ0v) is 15.2. The average Bonchev–Trinajstić information content (AvgIpc) is 2.62. The van der Waals surface area contributed by atoms with Gasteiger partial charge in [0.2, 0.25) is 5.91 Å². The summed E-state index contributed by atoms with van der Waals surface area (Å²) in [6.07, 6.45) is 4.35. The van der Waals surface area contributed by atoms with Crippen LogP contribution in [0.15, 0.2) is 18.2 Å². The third-order valence-corrected chi connectivity index (χ3v) is 4.45. The molecular weight excluding hydrogens is 342 g/mol. The molecule has 1 aliphatic rings. The van der Waals surface area contributed by atoms with Crippen molar-refractivity contribution in [1.82, 2.24) is 4.90 Å². The summed E-state index contributed by atoms with van der Waals surface area (Å²) in [6, 6.07) is 5.00. The summed E-state index contributed by atoms with van der Waals surface area (Å²) in [4.78, 5) is 26.2. The molecule has 1 saturated heterocycles. The number of benzene rings is 1. The van der Waals surface area contributed by atoms with Gasteiger partial charge in [-0.3, -0.25) is 9.59 Å². The van der Waals surface area contributed by atoms with E-state index in [1.807, 2.05) is 0 Å². The number of hydrogen-bond acceptors (Lipinski definition) is 4. The van der Waals surface area contributed by atoms with Crippen LogP contribution in [-0.4, -0.2) is 49.6 Å². The predicted molar refractivity (Wildman–Crippen MR) is 98.9 cm³/mol. The Kier molecular flexibility index (Phi) is 8.18. The first-order chi connectivity index (χ1) is 12.1. The van der Waals surface area contributed by atoms with Crippen molar-refractivity contribution in [3.05, 3.63) is 28.8 Å². The number of rotatable bonds is 8. The van der Waals surface area contributed by atoms with Gasteiger partial charge in [0.05, 0.1) is 23.8 Å². The Morgan fingerprint density at radius 3 is 2.56 bits per heavy atom. The molecule has 2 rings (SSSR count). The van der Waals surface area contributed by atoms with E-state index in [1.165, 1.54) is 0 Å². The number of ether oxygens (including phenoxy) is 1. The molecule has 25 heavy (non-hydrogen) atoms. The van der Waals surface area contributed by atoms with E-state index in [9.17, 15) is 9.59 Å². The molecule has 0 atom stereocenters. The SMILES string of the molecule is NCCCCCCC(=O)Nc1ccc(C(=O)N2CCOCC2)c(Cl)c1. The van der Waals surface area contributed by atoms with Gasteiger partial charge < -0.3 is 20.7 Å². The van der Waals surface area contributed by atoms with Crippen LogP contribution in [0, 0.1) is 0 Å². The third-order valence-electron chi connectivity index (χ3n) is 4.14. The Balaban J connectivity index is 1.86. The summed E-state index contributed by atoms with van der Waals surface area (Å²) in [5, 5.41) is 3.17. The second-order valence-electron chi connectivity index (χ2n) is 6.10. The van der Waals surface area contributed by atoms with E-state index in [-0.39, 0.29) is 11.8 Å². The molecule has 1 heterocycles. The van der Waals surface area contributed by atoms with Crippen LogP contribution in [-0.2, 0) is 9.53 Å². The molecule has 0 unspecified atom stereocenters. The molecule has 0 saturated carbocycles. The van der Waals surface area contributed by atoms with Crippen LogP contribution in [0.4, 0.5) is 5.69 Å². The summed E-state index contributed by atoms with van der Waals surface area (Å²) in [5.41, 5.74) is 6.50. The Hall–Kier alpha value is -1.63. The third kappa shape index (κ3) is 6.30. The molecule has 3 N–H and O–H groups in total. The van der Waals surface area contributed by atoms with Gasteiger partial charge in [0.1, 0.15) is 0 Å². The van der Waals surface area contributed by atoms with Crippen molar-refractivity contribution in [1.29, 1.82) is 0 Å². The van der Waals surface area contributed by atoms with E-state index < -0.39 is 0 Å². The molecule has 0 aliphatic carbocycles. The van der Waals surface area contributed by atoms with Crippen LogP contribution < -0.4 is 11.1 Å². The molecule has 2 amide bonds. The smallest absolute Gasteiger partial charge is 0.255 e. The van der Waals surface area contributed by atoms with Crippen molar-refractivity contribution in [3.63, 3.8) is 0 Å². The fraction of sp³-hybridized carbons (Fsp3) is 0.556. The largest absolute Gasteiger partial charge is 0.378 e. The molecule has 7 heteroatoms. The van der Waals surface area contributed by atoms with E-state index in [0.717, 1.165) is 25.7 Å². The van der Waals surface area contributed by atoms with Gasteiger partial charge >= 0.3 is 0 Å². The van der Waals surface area contributed by atoms with Gasteiger partial charge in [-0.25, -0.2) is 0 Å². The molecular formula is C18H26ClN3O3. The quantitative estimate of drug-likeness (QED) is 0.692. The van der Waals surface area contributed by atoms with Crippen LogP contribution in [0.3, 0.4) is 0 Å². The van der Waals surface area contributed by atoms with Crippen LogP contribution >= 0.6 is 11.6 Å². The Morgan fingerprint density at radius 1 is 1.16 bits per heavy atom. The summed E-state index contributed by atoms with van der Waals surface area (Å²) in [5.74, 6) is -0.151. The highest BCUT2D eigenvalue weighted by Crippen LogP contribution is 2.23. The summed E-state index contributed by atoms with van der Waals surface area (Å²) < 4.78 is 5.25. The lowest BCUT2D eigenvalue weighted by atomic mass is 10.1. The van der Waals surface area contributed by atoms with Crippen LogP contribution in [0.5, 0.6) is 0 Å². The van der Waals surface area contributed by atoms with E-state index in [0.29, 0.717) is 55.5 Å².